The van der Waals surface area contributed by atoms with Gasteiger partial charge in [-0.2, -0.15) is 0 Å². The monoisotopic (exact) mass is 331 g/mol. The first-order chi connectivity index (χ1) is 9.84. The van der Waals surface area contributed by atoms with E-state index in [0.717, 1.165) is 36.3 Å². The Hall–Kier alpha value is -1.23. The molecule has 1 aliphatic rings. The lowest BCUT2D eigenvalue weighted by atomic mass is 10.0. The molecule has 0 radical (unpaired) electrons. The molecule has 1 N–H and O–H groups in total. The van der Waals surface area contributed by atoms with Crippen LogP contribution in [0.1, 0.15) is 17.3 Å². The van der Waals surface area contributed by atoms with Crippen molar-refractivity contribution in [3.63, 3.8) is 0 Å². The molecule has 0 aliphatic carbocycles. The number of nitrogens with zero attached hydrogens (tertiary/aromatic N) is 2. The van der Waals surface area contributed by atoms with Gasteiger partial charge >= 0.3 is 0 Å². The predicted molar refractivity (Wildman–Crippen MR) is 84.7 cm³/mol. The minimum absolute atomic E-state index is 0.242. The summed E-state index contributed by atoms with van der Waals surface area (Å²) in [5, 5.41) is 3.41. The number of piperazine rings is 1. The van der Waals surface area contributed by atoms with E-state index in [1.807, 2.05) is 12.3 Å². The Morgan fingerprint density at radius 1 is 1.05 bits per heavy atom. The van der Waals surface area contributed by atoms with Crippen molar-refractivity contribution in [2.75, 3.05) is 26.2 Å². The van der Waals surface area contributed by atoms with Gasteiger partial charge in [-0.3, -0.25) is 9.88 Å². The Bertz CT molecular complexity index is 535. The van der Waals surface area contributed by atoms with Gasteiger partial charge in [-0.05, 0) is 29.8 Å². The number of pyridine rings is 1. The van der Waals surface area contributed by atoms with Crippen LogP contribution in [0.25, 0.3) is 0 Å². The number of aromatic nitrogens is 1. The second-order valence-corrected chi connectivity index (χ2v) is 5.91. The summed E-state index contributed by atoms with van der Waals surface area (Å²) in [7, 11) is 0. The maximum atomic E-state index is 4.58. The normalized spacial score (nSPS) is 17.9. The first-order valence-corrected chi connectivity index (χ1v) is 7.75. The molecule has 2 heterocycles. The van der Waals surface area contributed by atoms with Gasteiger partial charge in [0.15, 0.2) is 0 Å². The van der Waals surface area contributed by atoms with Gasteiger partial charge in [-0.15, -0.1) is 0 Å². The minimum atomic E-state index is 0.242. The molecule has 104 valence electrons. The number of hydrogen-bond donors (Lipinski definition) is 1. The van der Waals surface area contributed by atoms with E-state index in [-0.39, 0.29) is 6.04 Å². The van der Waals surface area contributed by atoms with Crippen molar-refractivity contribution < 1.29 is 0 Å². The molecular formula is C16H18BrN3. The molecular weight excluding hydrogens is 314 g/mol. The molecule has 1 aromatic heterocycles. The second kappa shape index (κ2) is 6.48. The van der Waals surface area contributed by atoms with Gasteiger partial charge in [-0.1, -0.05) is 34.1 Å². The SMILES string of the molecule is Brc1ccc([C@H](c2ccccn2)N2CCNCC2)cc1. The molecule has 2 aromatic rings. The summed E-state index contributed by atoms with van der Waals surface area (Å²) in [6, 6.07) is 15.0. The molecule has 1 saturated heterocycles. The van der Waals surface area contributed by atoms with Crippen molar-refractivity contribution in [3.05, 3.63) is 64.4 Å². The maximum absolute atomic E-state index is 4.58. The lowest BCUT2D eigenvalue weighted by Crippen LogP contribution is -2.45. The van der Waals surface area contributed by atoms with Gasteiger partial charge in [0.05, 0.1) is 11.7 Å². The molecule has 3 nitrogen and oxygen atoms in total. The van der Waals surface area contributed by atoms with Crippen LogP contribution in [0.5, 0.6) is 0 Å². The highest BCUT2D eigenvalue weighted by Gasteiger charge is 2.24. The molecule has 4 heteroatoms. The fraction of sp³-hybridized carbons (Fsp3) is 0.312. The van der Waals surface area contributed by atoms with Crippen molar-refractivity contribution >= 4 is 15.9 Å². The van der Waals surface area contributed by atoms with Gasteiger partial charge in [0.1, 0.15) is 0 Å². The highest BCUT2D eigenvalue weighted by Crippen LogP contribution is 2.28. The maximum Gasteiger partial charge on any atom is 0.0777 e. The molecule has 1 atom stereocenters. The third-order valence-electron chi connectivity index (χ3n) is 3.67. The van der Waals surface area contributed by atoms with Gasteiger partial charge in [0.25, 0.3) is 0 Å². The van der Waals surface area contributed by atoms with E-state index in [0.29, 0.717) is 0 Å². The Kier molecular flexibility index (Phi) is 4.45. The van der Waals surface area contributed by atoms with E-state index < -0.39 is 0 Å². The van der Waals surface area contributed by atoms with Crippen LogP contribution in [0, 0.1) is 0 Å². The van der Waals surface area contributed by atoms with Crippen LogP contribution in [0.2, 0.25) is 0 Å². The third-order valence-corrected chi connectivity index (χ3v) is 4.20. The van der Waals surface area contributed by atoms with Crippen molar-refractivity contribution in [1.29, 1.82) is 0 Å². The molecule has 0 bridgehead atoms. The lowest BCUT2D eigenvalue weighted by Gasteiger charge is -2.35. The second-order valence-electron chi connectivity index (χ2n) is 4.99. The van der Waals surface area contributed by atoms with E-state index in [2.05, 4.69) is 67.5 Å². The standard InChI is InChI=1S/C16H18BrN3/c17-14-6-4-13(5-7-14)16(15-3-1-2-8-19-15)20-11-9-18-10-12-20/h1-8,16,18H,9-12H2/t16-/m1/s1. The summed E-state index contributed by atoms with van der Waals surface area (Å²) < 4.78 is 1.11. The van der Waals surface area contributed by atoms with E-state index in [4.69, 9.17) is 0 Å². The zero-order valence-electron chi connectivity index (χ0n) is 11.3. The van der Waals surface area contributed by atoms with Crippen LogP contribution in [-0.4, -0.2) is 36.1 Å². The van der Waals surface area contributed by atoms with Crippen molar-refractivity contribution in [1.82, 2.24) is 15.2 Å². The van der Waals surface area contributed by atoms with E-state index in [9.17, 15) is 0 Å². The summed E-state index contributed by atoms with van der Waals surface area (Å²) >= 11 is 3.51. The van der Waals surface area contributed by atoms with E-state index in [1.54, 1.807) is 0 Å². The lowest BCUT2D eigenvalue weighted by molar-refractivity contribution is 0.195. The first kappa shape index (κ1) is 13.7. The third kappa shape index (κ3) is 3.08. The van der Waals surface area contributed by atoms with E-state index in [1.165, 1.54) is 5.56 Å². The zero-order valence-corrected chi connectivity index (χ0v) is 12.9. The molecule has 1 fully saturated rings. The number of hydrogen-bond acceptors (Lipinski definition) is 3. The van der Waals surface area contributed by atoms with Crippen molar-refractivity contribution in [3.8, 4) is 0 Å². The molecule has 3 rings (SSSR count). The number of nitrogens with one attached hydrogen (secondary N) is 1. The predicted octanol–water partition coefficient (Wildman–Crippen LogP) is 2.84. The smallest absolute Gasteiger partial charge is 0.0777 e. The van der Waals surface area contributed by atoms with Gasteiger partial charge < -0.3 is 5.32 Å². The molecule has 0 unspecified atom stereocenters. The largest absolute Gasteiger partial charge is 0.314 e. The first-order valence-electron chi connectivity index (χ1n) is 6.96. The quantitative estimate of drug-likeness (QED) is 0.937. The van der Waals surface area contributed by atoms with Gasteiger partial charge in [0.2, 0.25) is 0 Å². The van der Waals surface area contributed by atoms with Crippen LogP contribution >= 0.6 is 15.9 Å². The number of halogens is 1. The summed E-state index contributed by atoms with van der Waals surface area (Å²) in [6.07, 6.45) is 1.88. The van der Waals surface area contributed by atoms with Crippen molar-refractivity contribution in [2.24, 2.45) is 0 Å². The summed E-state index contributed by atoms with van der Waals surface area (Å²) in [4.78, 5) is 7.08. The Balaban J connectivity index is 1.96. The summed E-state index contributed by atoms with van der Waals surface area (Å²) in [6.45, 7) is 4.19. The average molecular weight is 332 g/mol. The highest BCUT2D eigenvalue weighted by atomic mass is 79.9. The van der Waals surface area contributed by atoms with Crippen LogP contribution in [0.15, 0.2) is 53.1 Å². The molecule has 20 heavy (non-hydrogen) atoms. The molecule has 0 spiro atoms. The van der Waals surface area contributed by atoms with Crippen LogP contribution < -0.4 is 5.32 Å². The van der Waals surface area contributed by atoms with Crippen LogP contribution in [0.4, 0.5) is 0 Å². The Labute approximate surface area is 128 Å². The summed E-state index contributed by atoms with van der Waals surface area (Å²) in [5.41, 5.74) is 2.42. The zero-order chi connectivity index (χ0) is 13.8. The van der Waals surface area contributed by atoms with Crippen molar-refractivity contribution in [2.45, 2.75) is 6.04 Å². The topological polar surface area (TPSA) is 28.2 Å². The molecule has 1 aliphatic heterocycles. The molecule has 0 amide bonds. The highest BCUT2D eigenvalue weighted by molar-refractivity contribution is 9.10. The fourth-order valence-corrected chi connectivity index (χ4v) is 2.96. The van der Waals surface area contributed by atoms with Crippen LogP contribution in [0.3, 0.4) is 0 Å². The van der Waals surface area contributed by atoms with Gasteiger partial charge in [0, 0.05) is 36.8 Å². The van der Waals surface area contributed by atoms with Gasteiger partial charge in [-0.25, -0.2) is 0 Å². The number of rotatable bonds is 3. The molecule has 1 aromatic carbocycles. The average Bonchev–Trinajstić information content (AvgIpc) is 2.52. The van der Waals surface area contributed by atoms with Crippen LogP contribution in [-0.2, 0) is 0 Å². The Morgan fingerprint density at radius 2 is 1.80 bits per heavy atom. The number of benzene rings is 1. The Morgan fingerprint density at radius 3 is 2.45 bits per heavy atom. The minimum Gasteiger partial charge on any atom is -0.314 e. The molecule has 0 saturated carbocycles. The fourth-order valence-electron chi connectivity index (χ4n) is 2.69. The van der Waals surface area contributed by atoms with E-state index >= 15 is 0 Å². The summed E-state index contributed by atoms with van der Waals surface area (Å²) in [5.74, 6) is 0.